The fourth-order valence-electron chi connectivity index (χ4n) is 4.58. The highest BCUT2D eigenvalue weighted by Gasteiger charge is 2.28. The van der Waals surface area contributed by atoms with Gasteiger partial charge in [0, 0.05) is 18.0 Å². The van der Waals surface area contributed by atoms with Crippen molar-refractivity contribution in [2.75, 3.05) is 18.8 Å². The number of nitrogens with zero attached hydrogens (tertiary/aromatic N) is 2. The molecule has 1 saturated heterocycles. The molecule has 8 heteroatoms. The van der Waals surface area contributed by atoms with Crippen molar-refractivity contribution in [1.29, 1.82) is 0 Å². The number of rotatable bonds is 9. The average Bonchev–Trinajstić information content (AvgIpc) is 3.39. The van der Waals surface area contributed by atoms with E-state index in [0.717, 1.165) is 54.4 Å². The summed E-state index contributed by atoms with van der Waals surface area (Å²) in [4.78, 5) is 32.4. The predicted molar refractivity (Wildman–Crippen MR) is 132 cm³/mol. The maximum Gasteiger partial charge on any atom is 0.237 e. The number of benzene rings is 2. The normalized spacial score (nSPS) is 15.7. The average molecular weight is 481 g/mol. The van der Waals surface area contributed by atoms with Crippen molar-refractivity contribution in [2.45, 2.75) is 51.1 Å². The fourth-order valence-corrected chi connectivity index (χ4v) is 4.58. The number of Topliss-reactive ketones (excluding diaryl/α,β-unsaturated/α-hetero) is 1. The van der Waals surface area contributed by atoms with Crippen LogP contribution in [0, 0.1) is 11.6 Å². The molecule has 0 bridgehead atoms. The van der Waals surface area contributed by atoms with E-state index in [1.54, 1.807) is 6.20 Å². The summed E-state index contributed by atoms with van der Waals surface area (Å²) in [6.45, 7) is 3.52. The Hall–Kier alpha value is -3.39. The summed E-state index contributed by atoms with van der Waals surface area (Å²) in [5.74, 6) is -1.87. The van der Waals surface area contributed by atoms with E-state index < -0.39 is 17.7 Å². The highest BCUT2D eigenvalue weighted by atomic mass is 19.2. The molecule has 1 fully saturated rings. The van der Waals surface area contributed by atoms with Crippen molar-refractivity contribution in [3.63, 3.8) is 0 Å². The molecule has 0 saturated carbocycles. The summed E-state index contributed by atoms with van der Waals surface area (Å²) in [5, 5.41) is 4.67. The minimum absolute atomic E-state index is 0.0917. The Morgan fingerprint density at radius 3 is 2.54 bits per heavy atom. The lowest BCUT2D eigenvalue weighted by Gasteiger charge is -2.26. The van der Waals surface area contributed by atoms with E-state index in [0.29, 0.717) is 17.8 Å². The van der Waals surface area contributed by atoms with Gasteiger partial charge in [-0.25, -0.2) is 13.8 Å². The van der Waals surface area contributed by atoms with Gasteiger partial charge in [0.25, 0.3) is 0 Å². The van der Waals surface area contributed by atoms with E-state index >= 15 is 0 Å². The molecule has 0 aliphatic carbocycles. The van der Waals surface area contributed by atoms with Crippen molar-refractivity contribution >= 4 is 28.3 Å². The van der Waals surface area contributed by atoms with Gasteiger partial charge in [0.1, 0.15) is 5.82 Å². The highest BCUT2D eigenvalue weighted by Crippen LogP contribution is 2.21. The van der Waals surface area contributed by atoms with Crippen LogP contribution in [0.1, 0.15) is 37.3 Å². The monoisotopic (exact) mass is 480 g/mol. The minimum atomic E-state index is -0.976. The van der Waals surface area contributed by atoms with Crippen molar-refractivity contribution < 1.29 is 18.4 Å². The zero-order valence-corrected chi connectivity index (χ0v) is 19.8. The number of aryl methyl sites for hydroxylation is 1. The van der Waals surface area contributed by atoms with Crippen LogP contribution in [0.5, 0.6) is 0 Å². The molecule has 3 N–H and O–H groups in total. The number of hydrogen-bond acceptors (Lipinski definition) is 5. The van der Waals surface area contributed by atoms with Crippen molar-refractivity contribution in [3.8, 4) is 0 Å². The van der Waals surface area contributed by atoms with E-state index in [-0.39, 0.29) is 30.6 Å². The second kappa shape index (κ2) is 10.9. The number of carbonyl (C=O) groups excluding carboxylic acids is 2. The van der Waals surface area contributed by atoms with Gasteiger partial charge in [0.05, 0.1) is 12.1 Å². The van der Waals surface area contributed by atoms with Gasteiger partial charge in [-0.05, 0) is 80.4 Å². The lowest BCUT2D eigenvalue weighted by Crippen LogP contribution is -2.50. The van der Waals surface area contributed by atoms with Crippen LogP contribution in [-0.2, 0) is 22.4 Å². The van der Waals surface area contributed by atoms with Crippen molar-refractivity contribution in [3.05, 3.63) is 71.4 Å². The van der Waals surface area contributed by atoms with E-state index in [1.807, 2.05) is 31.2 Å². The topological polar surface area (TPSA) is 88.3 Å². The Kier molecular flexibility index (Phi) is 7.70. The van der Waals surface area contributed by atoms with Gasteiger partial charge in [-0.1, -0.05) is 24.3 Å². The molecule has 4 rings (SSSR count). The molecule has 1 unspecified atom stereocenters. The fraction of sp³-hybridized carbons (Fsp3) is 0.370. The third-order valence-electron chi connectivity index (χ3n) is 6.72. The lowest BCUT2D eigenvalue weighted by atomic mass is 9.96. The van der Waals surface area contributed by atoms with Gasteiger partial charge in [-0.3, -0.25) is 14.5 Å². The standard InChI is InChI=1S/C27H30F2N4O2/c1-17(33-12-2-3-13-33)27(35)32-24(16-19-5-8-22(28)23(29)15-19)25(34)9-6-18-4-7-21-20(14-18)10-11-31-26(21)30/h4-5,7-8,10-11,14-15,17,24H,2-3,6,9,12-13,16H2,1H3,(H2,30,31)(H,32,35)/t17?,24-/m0/s1. The quantitative estimate of drug-likeness (QED) is 0.486. The number of likely N-dealkylation sites (tertiary alicyclic amines) is 1. The van der Waals surface area contributed by atoms with Crippen LogP contribution in [0.2, 0.25) is 0 Å². The van der Waals surface area contributed by atoms with Crippen LogP contribution in [0.4, 0.5) is 14.6 Å². The van der Waals surface area contributed by atoms with Crippen LogP contribution in [0.25, 0.3) is 10.8 Å². The van der Waals surface area contributed by atoms with Gasteiger partial charge >= 0.3 is 0 Å². The second-order valence-electron chi connectivity index (χ2n) is 9.15. The third kappa shape index (κ3) is 6.00. The number of amides is 1. The highest BCUT2D eigenvalue weighted by molar-refractivity contribution is 5.92. The summed E-state index contributed by atoms with van der Waals surface area (Å²) < 4.78 is 27.2. The molecular formula is C27H30F2N4O2. The Balaban J connectivity index is 1.48. The van der Waals surface area contributed by atoms with Gasteiger partial charge in [-0.2, -0.15) is 0 Å². The van der Waals surface area contributed by atoms with Crippen LogP contribution < -0.4 is 11.1 Å². The number of nitrogens with one attached hydrogen (secondary N) is 1. The number of fused-ring (bicyclic) bond motifs is 1. The predicted octanol–water partition coefficient (Wildman–Crippen LogP) is 3.81. The van der Waals surface area contributed by atoms with E-state index in [9.17, 15) is 18.4 Å². The first-order chi connectivity index (χ1) is 16.8. The Morgan fingerprint density at radius 1 is 1.06 bits per heavy atom. The van der Waals surface area contributed by atoms with E-state index in [4.69, 9.17) is 5.73 Å². The number of nitrogens with two attached hydrogens (primary N) is 1. The molecule has 3 aromatic rings. The lowest BCUT2D eigenvalue weighted by molar-refractivity contribution is -0.130. The van der Waals surface area contributed by atoms with Crippen LogP contribution in [0.3, 0.4) is 0 Å². The van der Waals surface area contributed by atoms with Crippen LogP contribution >= 0.6 is 0 Å². The minimum Gasteiger partial charge on any atom is -0.383 e. The van der Waals surface area contributed by atoms with E-state index in [1.165, 1.54) is 6.07 Å². The summed E-state index contributed by atoms with van der Waals surface area (Å²) in [5.41, 5.74) is 7.33. The Bertz CT molecular complexity index is 1230. The van der Waals surface area contributed by atoms with Gasteiger partial charge < -0.3 is 11.1 Å². The molecular weight excluding hydrogens is 450 g/mol. The number of anilines is 1. The van der Waals surface area contributed by atoms with Crippen LogP contribution in [-0.4, -0.2) is 46.7 Å². The molecule has 2 aromatic carbocycles. The Morgan fingerprint density at radius 2 is 1.80 bits per heavy atom. The molecule has 2 heterocycles. The van der Waals surface area contributed by atoms with Crippen molar-refractivity contribution in [2.24, 2.45) is 0 Å². The first-order valence-electron chi connectivity index (χ1n) is 12.0. The molecule has 0 spiro atoms. The van der Waals surface area contributed by atoms with Crippen molar-refractivity contribution in [1.82, 2.24) is 15.2 Å². The molecule has 1 aliphatic heterocycles. The summed E-state index contributed by atoms with van der Waals surface area (Å²) in [7, 11) is 0. The smallest absolute Gasteiger partial charge is 0.237 e. The molecule has 1 amide bonds. The molecule has 35 heavy (non-hydrogen) atoms. The maximum absolute atomic E-state index is 13.8. The zero-order chi connectivity index (χ0) is 24.9. The zero-order valence-electron chi connectivity index (χ0n) is 19.8. The molecule has 0 radical (unpaired) electrons. The SMILES string of the molecule is CC(C(=O)N[C@@H](Cc1ccc(F)c(F)c1)C(=O)CCc1ccc2c(N)nccc2c1)N1CCCC1. The molecule has 184 valence electrons. The molecule has 1 aromatic heterocycles. The maximum atomic E-state index is 13.8. The summed E-state index contributed by atoms with van der Waals surface area (Å²) in [6.07, 6.45) is 4.49. The third-order valence-corrected chi connectivity index (χ3v) is 6.72. The van der Waals surface area contributed by atoms with Gasteiger partial charge in [-0.15, -0.1) is 0 Å². The number of carbonyl (C=O) groups is 2. The molecule has 2 atom stereocenters. The number of hydrogen-bond donors (Lipinski definition) is 2. The van der Waals surface area contributed by atoms with Gasteiger partial charge in [0.2, 0.25) is 5.91 Å². The molecule has 1 aliphatic rings. The first kappa shape index (κ1) is 24.7. The Labute approximate surface area is 203 Å². The second-order valence-corrected chi connectivity index (χ2v) is 9.15. The molecule has 6 nitrogen and oxygen atoms in total. The number of halogens is 2. The number of pyridine rings is 1. The van der Waals surface area contributed by atoms with Gasteiger partial charge in [0.15, 0.2) is 17.4 Å². The number of aromatic nitrogens is 1. The van der Waals surface area contributed by atoms with E-state index in [2.05, 4.69) is 15.2 Å². The first-order valence-corrected chi connectivity index (χ1v) is 12.0. The number of ketones is 1. The van der Waals surface area contributed by atoms with Crippen LogP contribution in [0.15, 0.2) is 48.7 Å². The summed E-state index contributed by atoms with van der Waals surface area (Å²) >= 11 is 0. The number of nitrogen functional groups attached to an aromatic ring is 1. The summed E-state index contributed by atoms with van der Waals surface area (Å²) in [6, 6.07) is 9.99. The largest absolute Gasteiger partial charge is 0.383 e.